The van der Waals surface area contributed by atoms with Gasteiger partial charge in [-0.15, -0.1) is 0 Å². The van der Waals surface area contributed by atoms with Crippen LogP contribution in [0.15, 0.2) is 60.7 Å². The molecule has 0 atom stereocenters. The van der Waals surface area contributed by atoms with Crippen molar-refractivity contribution in [1.82, 2.24) is 0 Å². The summed E-state index contributed by atoms with van der Waals surface area (Å²) < 4.78 is -0.614. The molecule has 0 aromatic heterocycles. The van der Waals surface area contributed by atoms with Crippen molar-refractivity contribution in [3.05, 3.63) is 71.8 Å². The van der Waals surface area contributed by atoms with Gasteiger partial charge in [0.05, 0.1) is 0 Å². The molecular weight excluding hydrogens is 437 g/mol. The fourth-order valence-corrected chi connectivity index (χ4v) is 5.78. The molecule has 0 N–H and O–H groups in total. The third-order valence-electron chi connectivity index (χ3n) is 3.73. The number of unbranched alkanes of at least 4 members (excludes halogenated alkanes) is 1. The first kappa shape index (κ1) is 21.2. The van der Waals surface area contributed by atoms with E-state index in [9.17, 15) is 0 Å². The maximum Gasteiger partial charge on any atom is 0.137 e. The minimum absolute atomic E-state index is 0. The Kier molecular flexibility index (Phi) is 10.00. The minimum Gasteiger partial charge on any atom is -0.0965 e. The number of alkyl halides is 2. The van der Waals surface area contributed by atoms with Crippen molar-refractivity contribution in [2.24, 2.45) is 0 Å². The zero-order chi connectivity index (χ0) is 15.8. The molecule has 0 aliphatic carbocycles. The summed E-state index contributed by atoms with van der Waals surface area (Å²) in [7, 11) is -0.537. The second kappa shape index (κ2) is 10.9. The van der Waals surface area contributed by atoms with E-state index in [2.05, 4.69) is 67.6 Å². The van der Waals surface area contributed by atoms with Crippen LogP contribution in [0.25, 0.3) is 0 Å². The van der Waals surface area contributed by atoms with Gasteiger partial charge in [-0.3, -0.25) is 0 Å². The van der Waals surface area contributed by atoms with Crippen molar-refractivity contribution in [3.8, 4) is 0 Å². The standard InChI is InChI=1S/C19H23Cl2P.Pd/c1-2-3-14-19(20,21)22(15-17-10-6-4-7-11-17)16-18-12-8-5-9-13-18;/h4-13H,2-3,14-16H2,1H3;. The molecule has 0 bridgehead atoms. The molecule has 0 fully saturated rings. The maximum absolute atomic E-state index is 6.78. The van der Waals surface area contributed by atoms with E-state index in [1.165, 1.54) is 11.1 Å². The van der Waals surface area contributed by atoms with Crippen molar-refractivity contribution in [2.45, 2.75) is 42.6 Å². The average molecular weight is 460 g/mol. The molecular formula is C19H23Cl2PPd. The van der Waals surface area contributed by atoms with Crippen LogP contribution < -0.4 is 0 Å². The summed E-state index contributed by atoms with van der Waals surface area (Å²) in [5.74, 6) is 0. The van der Waals surface area contributed by atoms with Gasteiger partial charge in [0.15, 0.2) is 0 Å². The van der Waals surface area contributed by atoms with E-state index in [1.807, 2.05) is 0 Å². The Hall–Kier alpha value is 0.112. The third kappa shape index (κ3) is 7.26. The molecule has 0 spiro atoms. The first-order chi connectivity index (χ1) is 10.6. The van der Waals surface area contributed by atoms with Gasteiger partial charge < -0.3 is 0 Å². The summed E-state index contributed by atoms with van der Waals surface area (Å²) in [6.45, 7) is 2.18. The van der Waals surface area contributed by atoms with E-state index in [4.69, 9.17) is 23.2 Å². The van der Waals surface area contributed by atoms with E-state index in [0.29, 0.717) is 0 Å². The quantitative estimate of drug-likeness (QED) is 0.223. The Morgan fingerprint density at radius 2 is 1.26 bits per heavy atom. The summed E-state index contributed by atoms with van der Waals surface area (Å²) in [4.78, 5) is 0. The maximum atomic E-state index is 6.78. The van der Waals surface area contributed by atoms with Crippen LogP contribution >= 0.6 is 31.1 Å². The summed E-state index contributed by atoms with van der Waals surface area (Å²) in [6, 6.07) is 21.1. The fraction of sp³-hybridized carbons (Fsp3) is 0.368. The molecule has 4 heteroatoms. The third-order valence-corrected chi connectivity index (χ3v) is 8.18. The van der Waals surface area contributed by atoms with Crippen molar-refractivity contribution >= 4 is 31.1 Å². The number of hydrogen-bond donors (Lipinski definition) is 0. The topological polar surface area (TPSA) is 0 Å². The number of hydrogen-bond acceptors (Lipinski definition) is 0. The molecule has 0 nitrogen and oxygen atoms in total. The molecule has 0 saturated carbocycles. The van der Waals surface area contributed by atoms with Crippen LogP contribution in [0.1, 0.15) is 37.3 Å². The molecule has 2 aromatic carbocycles. The van der Waals surface area contributed by atoms with Gasteiger partial charge >= 0.3 is 0 Å². The van der Waals surface area contributed by atoms with Crippen molar-refractivity contribution < 1.29 is 20.4 Å². The number of rotatable bonds is 8. The fourth-order valence-electron chi connectivity index (χ4n) is 2.44. The summed E-state index contributed by atoms with van der Waals surface area (Å²) >= 11 is 13.6. The van der Waals surface area contributed by atoms with Gasteiger partial charge in [0, 0.05) is 20.4 Å². The Morgan fingerprint density at radius 1 is 0.826 bits per heavy atom. The Labute approximate surface area is 165 Å². The molecule has 0 amide bonds. The molecule has 0 unspecified atom stereocenters. The van der Waals surface area contributed by atoms with Gasteiger partial charge in [0.25, 0.3) is 0 Å². The van der Waals surface area contributed by atoms with E-state index >= 15 is 0 Å². The van der Waals surface area contributed by atoms with Crippen LogP contribution in [0.4, 0.5) is 0 Å². The van der Waals surface area contributed by atoms with Crippen LogP contribution in [-0.2, 0) is 32.7 Å². The van der Waals surface area contributed by atoms with Crippen LogP contribution in [-0.4, -0.2) is 4.07 Å². The molecule has 2 aromatic rings. The minimum atomic E-state index is -0.614. The predicted molar refractivity (Wildman–Crippen MR) is 101 cm³/mol. The van der Waals surface area contributed by atoms with Crippen LogP contribution in [0, 0.1) is 0 Å². The van der Waals surface area contributed by atoms with E-state index in [0.717, 1.165) is 31.6 Å². The molecule has 23 heavy (non-hydrogen) atoms. The molecule has 0 radical (unpaired) electrons. The van der Waals surface area contributed by atoms with E-state index < -0.39 is 12.0 Å². The monoisotopic (exact) mass is 458 g/mol. The first-order valence-corrected chi connectivity index (χ1v) is 10.3. The SMILES string of the molecule is CCCCC(Cl)(Cl)P(Cc1ccccc1)Cc1ccccc1.[Pd]. The van der Waals surface area contributed by atoms with E-state index in [1.54, 1.807) is 0 Å². The van der Waals surface area contributed by atoms with Crippen molar-refractivity contribution in [1.29, 1.82) is 0 Å². The van der Waals surface area contributed by atoms with Crippen LogP contribution in [0.2, 0.25) is 0 Å². The van der Waals surface area contributed by atoms with Gasteiger partial charge in [-0.25, -0.2) is 0 Å². The Bertz CT molecular complexity index is 504. The molecule has 2 rings (SSSR count). The molecule has 0 aliphatic heterocycles. The van der Waals surface area contributed by atoms with Gasteiger partial charge in [-0.05, 0) is 29.9 Å². The summed E-state index contributed by atoms with van der Waals surface area (Å²) in [5.41, 5.74) is 2.65. The zero-order valence-corrected chi connectivity index (χ0v) is 17.3. The Morgan fingerprint density at radius 3 is 1.65 bits per heavy atom. The molecule has 0 saturated heterocycles. The largest absolute Gasteiger partial charge is 0.137 e. The molecule has 0 heterocycles. The van der Waals surface area contributed by atoms with Gasteiger partial charge in [-0.1, -0.05) is 112 Å². The van der Waals surface area contributed by atoms with Crippen LogP contribution in [0.3, 0.4) is 0 Å². The zero-order valence-electron chi connectivity index (χ0n) is 13.3. The van der Waals surface area contributed by atoms with Crippen molar-refractivity contribution in [2.75, 3.05) is 0 Å². The van der Waals surface area contributed by atoms with Crippen LogP contribution in [0.5, 0.6) is 0 Å². The van der Waals surface area contributed by atoms with Gasteiger partial charge in [-0.2, -0.15) is 0 Å². The molecule has 0 aliphatic rings. The predicted octanol–water partition coefficient (Wildman–Crippen LogP) is 7.19. The summed E-state index contributed by atoms with van der Waals surface area (Å²) in [5, 5.41) is 0. The Balaban J connectivity index is 0.00000264. The summed E-state index contributed by atoms with van der Waals surface area (Å²) in [6.07, 6.45) is 5.03. The van der Waals surface area contributed by atoms with Gasteiger partial charge in [0.2, 0.25) is 0 Å². The number of halogens is 2. The number of benzene rings is 2. The second-order valence-corrected chi connectivity index (χ2v) is 10.1. The van der Waals surface area contributed by atoms with Gasteiger partial charge in [0.1, 0.15) is 4.07 Å². The smallest absolute Gasteiger partial charge is 0.0965 e. The normalized spacial score (nSPS) is 11.3. The molecule has 128 valence electrons. The second-order valence-electron chi connectivity index (χ2n) is 5.60. The average Bonchev–Trinajstić information content (AvgIpc) is 2.54. The van der Waals surface area contributed by atoms with Crippen molar-refractivity contribution in [3.63, 3.8) is 0 Å². The first-order valence-electron chi connectivity index (χ1n) is 7.82. The van der Waals surface area contributed by atoms with E-state index in [-0.39, 0.29) is 20.4 Å².